The van der Waals surface area contributed by atoms with E-state index in [0.29, 0.717) is 29.0 Å². The summed E-state index contributed by atoms with van der Waals surface area (Å²) in [6, 6.07) is 14.5. The van der Waals surface area contributed by atoms with E-state index >= 15 is 0 Å². The Kier molecular flexibility index (Phi) is 13.1. The van der Waals surface area contributed by atoms with E-state index in [1.807, 2.05) is 24.5 Å². The second kappa shape index (κ2) is 17.4. The number of nitrogens with one attached hydrogen (secondary N) is 1. The Bertz CT molecular complexity index is 1650. The minimum atomic E-state index is -0.293. The lowest BCUT2D eigenvalue weighted by Gasteiger charge is -2.21. The molecule has 0 radical (unpaired) electrons. The number of carbonyl (C=O) groups is 1. The molecule has 1 N–H and O–H groups in total. The van der Waals surface area contributed by atoms with E-state index in [1.165, 1.54) is 33.9 Å². The molecule has 0 aromatic heterocycles. The molecule has 1 heterocycles. The molecule has 2 aliphatic rings. The molecule has 6 nitrogen and oxygen atoms in total. The molecule has 0 spiro atoms. The maximum Gasteiger partial charge on any atom is 0.247 e. The van der Waals surface area contributed by atoms with Crippen LogP contribution in [0.5, 0.6) is 5.75 Å². The number of nitriles is 1. The Labute approximate surface area is 281 Å². The van der Waals surface area contributed by atoms with Crippen molar-refractivity contribution in [3.05, 3.63) is 100 Å². The molecule has 0 bridgehead atoms. The van der Waals surface area contributed by atoms with Crippen molar-refractivity contribution in [2.45, 2.75) is 91.9 Å². The summed E-state index contributed by atoms with van der Waals surface area (Å²) in [6.45, 7) is 12.5. The number of nitrogens with zero attached hydrogens (tertiary/aromatic N) is 3. The van der Waals surface area contributed by atoms with E-state index in [-0.39, 0.29) is 5.91 Å². The molecule has 1 amide bonds. The predicted octanol–water partition coefficient (Wildman–Crippen LogP) is 10.2. The lowest BCUT2D eigenvalue weighted by molar-refractivity contribution is -0.111. The van der Waals surface area contributed by atoms with Gasteiger partial charge in [0, 0.05) is 18.5 Å². The molecule has 0 fully saturated rings. The van der Waals surface area contributed by atoms with Gasteiger partial charge in [0.2, 0.25) is 5.91 Å². The van der Waals surface area contributed by atoms with Gasteiger partial charge in [-0.25, -0.2) is 4.99 Å². The van der Waals surface area contributed by atoms with Crippen LogP contribution in [-0.4, -0.2) is 24.9 Å². The Morgan fingerprint density at radius 2 is 2.00 bits per heavy atom. The minimum absolute atomic E-state index is 0.293. The minimum Gasteiger partial charge on any atom is -0.497 e. The zero-order valence-corrected chi connectivity index (χ0v) is 28.9. The van der Waals surface area contributed by atoms with Crippen molar-refractivity contribution in [3.63, 3.8) is 0 Å². The maximum atomic E-state index is 12.3. The third kappa shape index (κ3) is 9.75. The molecule has 246 valence electrons. The van der Waals surface area contributed by atoms with Crippen molar-refractivity contribution < 1.29 is 9.53 Å². The van der Waals surface area contributed by atoms with Crippen molar-refractivity contribution in [2.75, 3.05) is 12.4 Å². The average Bonchev–Trinajstić information content (AvgIpc) is 3.13. The Hall–Kier alpha value is -4.50. The van der Waals surface area contributed by atoms with Crippen molar-refractivity contribution in [2.24, 2.45) is 21.8 Å². The van der Waals surface area contributed by atoms with Gasteiger partial charge in [-0.3, -0.25) is 9.79 Å². The SMILES string of the molecule is C=CC(=O)Nc1cc(OC)ccc1N=C1C(CC)=CC(C)CCC(CCCc2ccc(CCC3=CN=CCC3)cc2C#N)C(C)=C1C. The van der Waals surface area contributed by atoms with Crippen LogP contribution in [0.25, 0.3) is 0 Å². The van der Waals surface area contributed by atoms with Gasteiger partial charge in [0.25, 0.3) is 0 Å². The summed E-state index contributed by atoms with van der Waals surface area (Å²) in [4.78, 5) is 21.8. The average molecular weight is 631 g/mol. The standard InChI is InChI=1S/C41H50N4O2/c1-7-33-23-28(3)14-18-34(12-9-13-35-19-17-31(24-36(35)26-42)15-16-32-11-10-22-43-27-32)29(4)30(5)41(33)45-38-21-20-37(47-6)25-39(38)44-40(46)8-2/h8,17,19-25,27-28,34H,2,7,9-16,18H2,1,3-6H3,(H,44,46). The van der Waals surface area contributed by atoms with Crippen LogP contribution in [0.2, 0.25) is 0 Å². The van der Waals surface area contributed by atoms with Gasteiger partial charge < -0.3 is 10.1 Å². The lowest BCUT2D eigenvalue weighted by Crippen LogP contribution is -2.12. The van der Waals surface area contributed by atoms with Crippen molar-refractivity contribution in [3.8, 4) is 11.8 Å². The van der Waals surface area contributed by atoms with E-state index in [4.69, 9.17) is 9.73 Å². The van der Waals surface area contributed by atoms with Crippen molar-refractivity contribution in [1.82, 2.24) is 0 Å². The smallest absolute Gasteiger partial charge is 0.247 e. The van der Waals surface area contributed by atoms with Crippen LogP contribution in [-0.2, 0) is 17.6 Å². The molecular formula is C41H50N4O2. The quantitative estimate of drug-likeness (QED) is 0.237. The fourth-order valence-corrected chi connectivity index (χ4v) is 6.55. The highest BCUT2D eigenvalue weighted by molar-refractivity contribution is 6.14. The number of rotatable bonds is 12. The first kappa shape index (κ1) is 35.4. The van der Waals surface area contributed by atoms with Crippen LogP contribution in [0.15, 0.2) is 93.6 Å². The Balaban J connectivity index is 1.56. The van der Waals surface area contributed by atoms with Gasteiger partial charge in [0.15, 0.2) is 0 Å². The number of carbonyl (C=O) groups excluding carboxylic acids is 1. The topological polar surface area (TPSA) is 86.8 Å². The van der Waals surface area contributed by atoms with Crippen LogP contribution in [0.4, 0.5) is 11.4 Å². The molecule has 1 aliphatic heterocycles. The molecule has 1 aliphatic carbocycles. The number of benzene rings is 2. The number of anilines is 1. The van der Waals surface area contributed by atoms with Crippen LogP contribution in [0.1, 0.15) is 95.8 Å². The van der Waals surface area contributed by atoms with E-state index in [1.54, 1.807) is 13.2 Å². The van der Waals surface area contributed by atoms with Gasteiger partial charge in [-0.05, 0) is 136 Å². The third-order valence-corrected chi connectivity index (χ3v) is 9.56. The van der Waals surface area contributed by atoms with E-state index in [0.717, 1.165) is 81.0 Å². The first-order valence-corrected chi connectivity index (χ1v) is 17.1. The highest BCUT2D eigenvalue weighted by Crippen LogP contribution is 2.36. The first-order chi connectivity index (χ1) is 22.8. The Morgan fingerprint density at radius 3 is 2.70 bits per heavy atom. The predicted molar refractivity (Wildman–Crippen MR) is 196 cm³/mol. The highest BCUT2D eigenvalue weighted by Gasteiger charge is 2.22. The normalized spacial score (nSPS) is 19.2. The van der Waals surface area contributed by atoms with Gasteiger partial charge in [-0.2, -0.15) is 5.26 Å². The van der Waals surface area contributed by atoms with Crippen LogP contribution in [0, 0.1) is 23.2 Å². The number of aryl methyl sites for hydroxylation is 2. The van der Waals surface area contributed by atoms with Crippen LogP contribution >= 0.6 is 0 Å². The fraction of sp³-hybridized carbons (Fsp3) is 0.415. The first-order valence-electron chi connectivity index (χ1n) is 17.1. The number of amides is 1. The molecule has 47 heavy (non-hydrogen) atoms. The van der Waals surface area contributed by atoms with E-state index in [9.17, 15) is 10.1 Å². The molecule has 2 aromatic carbocycles. The van der Waals surface area contributed by atoms with Gasteiger partial charge >= 0.3 is 0 Å². The summed E-state index contributed by atoms with van der Waals surface area (Å²) in [5.74, 6) is 1.19. The zero-order chi connectivity index (χ0) is 33.8. The molecule has 4 rings (SSSR count). The zero-order valence-electron chi connectivity index (χ0n) is 28.9. The van der Waals surface area contributed by atoms with Crippen LogP contribution < -0.4 is 10.1 Å². The molecule has 0 saturated heterocycles. The summed E-state index contributed by atoms with van der Waals surface area (Å²) in [7, 11) is 1.61. The number of ether oxygens (including phenoxy) is 1. The monoisotopic (exact) mass is 630 g/mol. The highest BCUT2D eigenvalue weighted by atomic mass is 16.5. The number of allylic oxidation sites excluding steroid dienone is 5. The number of aliphatic imine (C=N–C) groups is 2. The van der Waals surface area contributed by atoms with Crippen molar-refractivity contribution >= 4 is 29.2 Å². The van der Waals surface area contributed by atoms with Gasteiger partial charge in [-0.1, -0.05) is 49.8 Å². The second-order valence-corrected chi connectivity index (χ2v) is 12.8. The Morgan fingerprint density at radius 1 is 1.17 bits per heavy atom. The molecule has 0 saturated carbocycles. The molecule has 2 aromatic rings. The van der Waals surface area contributed by atoms with E-state index in [2.05, 4.69) is 74.9 Å². The summed E-state index contributed by atoms with van der Waals surface area (Å²) < 4.78 is 5.43. The van der Waals surface area contributed by atoms with Gasteiger partial charge in [0.05, 0.1) is 35.8 Å². The van der Waals surface area contributed by atoms with E-state index < -0.39 is 0 Å². The largest absolute Gasteiger partial charge is 0.497 e. The molecule has 6 heteroatoms. The third-order valence-electron chi connectivity index (χ3n) is 9.56. The fourth-order valence-electron chi connectivity index (χ4n) is 6.55. The second-order valence-electron chi connectivity index (χ2n) is 12.8. The van der Waals surface area contributed by atoms with Crippen LogP contribution in [0.3, 0.4) is 0 Å². The summed E-state index contributed by atoms with van der Waals surface area (Å²) in [5.41, 5.74) is 10.6. The van der Waals surface area contributed by atoms with Gasteiger partial charge in [-0.15, -0.1) is 0 Å². The van der Waals surface area contributed by atoms with Crippen molar-refractivity contribution in [1.29, 1.82) is 5.26 Å². The van der Waals surface area contributed by atoms with Gasteiger partial charge in [0.1, 0.15) is 5.75 Å². The lowest BCUT2D eigenvalue weighted by atomic mass is 9.84. The summed E-state index contributed by atoms with van der Waals surface area (Å²) in [6.07, 6.45) is 17.7. The summed E-state index contributed by atoms with van der Waals surface area (Å²) in [5, 5.41) is 12.9. The maximum absolute atomic E-state index is 12.3. The molecular weight excluding hydrogens is 580 g/mol. The molecule has 2 unspecified atom stereocenters. The number of hydrogen-bond donors (Lipinski definition) is 1. The number of hydrogen-bond acceptors (Lipinski definition) is 5. The summed E-state index contributed by atoms with van der Waals surface area (Å²) >= 11 is 0. The molecule has 2 atom stereocenters. The number of methoxy groups -OCH3 is 1.